The van der Waals surface area contributed by atoms with Gasteiger partial charge in [-0.3, -0.25) is 0 Å². The van der Waals surface area contributed by atoms with Crippen LogP contribution in [0.1, 0.15) is 53.9 Å². The fraction of sp³-hybridized carbons (Fsp3) is 0.941. The van der Waals surface area contributed by atoms with Gasteiger partial charge in [0.15, 0.2) is 0 Å². The monoisotopic (exact) mass is 298 g/mol. The fourth-order valence-corrected chi connectivity index (χ4v) is 3.22. The molecule has 0 bridgehead atoms. The van der Waals surface area contributed by atoms with Gasteiger partial charge in [-0.05, 0) is 43.1 Å². The summed E-state index contributed by atoms with van der Waals surface area (Å²) >= 11 is 0. The largest absolute Gasteiger partial charge is 0.453 e. The minimum absolute atomic E-state index is 0.190. The third-order valence-corrected chi connectivity index (χ3v) is 4.03. The van der Waals surface area contributed by atoms with Crippen LogP contribution in [0.2, 0.25) is 0 Å². The predicted octanol–water partition coefficient (Wildman–Crippen LogP) is 3.52. The van der Waals surface area contributed by atoms with Crippen LogP contribution in [0.3, 0.4) is 0 Å². The van der Waals surface area contributed by atoms with Gasteiger partial charge >= 0.3 is 6.09 Å². The van der Waals surface area contributed by atoms with Crippen LogP contribution in [0.5, 0.6) is 0 Å². The molecule has 1 rings (SSSR count). The summed E-state index contributed by atoms with van der Waals surface area (Å²) in [5, 5.41) is 3.63. The Kier molecular flexibility index (Phi) is 6.98. The van der Waals surface area contributed by atoms with Crippen LogP contribution in [0.15, 0.2) is 0 Å². The van der Waals surface area contributed by atoms with E-state index in [1.807, 2.05) is 4.90 Å². The van der Waals surface area contributed by atoms with Gasteiger partial charge in [-0.15, -0.1) is 0 Å². The van der Waals surface area contributed by atoms with E-state index in [-0.39, 0.29) is 6.09 Å². The second kappa shape index (κ2) is 8.02. The molecule has 0 aromatic heterocycles. The molecular weight excluding hydrogens is 264 g/mol. The quantitative estimate of drug-likeness (QED) is 0.844. The van der Waals surface area contributed by atoms with E-state index in [4.69, 9.17) is 4.74 Å². The Morgan fingerprint density at radius 1 is 1.33 bits per heavy atom. The first-order valence-electron chi connectivity index (χ1n) is 8.27. The Morgan fingerprint density at radius 2 is 2.00 bits per heavy atom. The van der Waals surface area contributed by atoms with Crippen LogP contribution in [-0.2, 0) is 4.74 Å². The van der Waals surface area contributed by atoms with E-state index >= 15 is 0 Å². The number of nitrogens with one attached hydrogen (secondary N) is 1. The van der Waals surface area contributed by atoms with Gasteiger partial charge < -0.3 is 15.0 Å². The molecule has 0 saturated carbocycles. The summed E-state index contributed by atoms with van der Waals surface area (Å²) in [5.41, 5.74) is 0.298. The van der Waals surface area contributed by atoms with E-state index < -0.39 is 0 Å². The molecule has 1 fully saturated rings. The molecule has 1 aliphatic heterocycles. The smallest absolute Gasteiger partial charge is 0.409 e. The number of carbonyl (C=O) groups excluding carboxylic acids is 1. The first kappa shape index (κ1) is 18.3. The maximum absolute atomic E-state index is 11.9. The molecule has 1 N–H and O–H groups in total. The lowest BCUT2D eigenvalue weighted by Crippen LogP contribution is -2.52. The molecule has 1 heterocycles. The van der Waals surface area contributed by atoms with Gasteiger partial charge in [0.25, 0.3) is 0 Å². The molecular formula is C17H34N2O2. The molecule has 0 aromatic carbocycles. The molecule has 0 aliphatic carbocycles. The third kappa shape index (κ3) is 7.16. The van der Waals surface area contributed by atoms with Crippen molar-refractivity contribution in [2.24, 2.45) is 17.3 Å². The molecule has 0 radical (unpaired) electrons. The van der Waals surface area contributed by atoms with Crippen LogP contribution < -0.4 is 5.32 Å². The van der Waals surface area contributed by atoms with Gasteiger partial charge in [0, 0.05) is 19.1 Å². The fourth-order valence-electron chi connectivity index (χ4n) is 3.22. The SMILES string of the molecule is COC(=O)N1CC(CC(C)(C)C)CC(NCCC(C)C)C1. The summed E-state index contributed by atoms with van der Waals surface area (Å²) in [4.78, 5) is 13.7. The summed E-state index contributed by atoms with van der Waals surface area (Å²) in [6, 6.07) is 0.393. The minimum Gasteiger partial charge on any atom is -0.453 e. The number of hydrogen-bond donors (Lipinski definition) is 1. The number of amides is 1. The standard InChI is InChI=1S/C17H34N2O2/c1-13(2)7-8-18-15-9-14(10-17(3,4)5)11-19(12-15)16(20)21-6/h13-15,18H,7-12H2,1-6H3. The summed E-state index contributed by atoms with van der Waals surface area (Å²) in [5.74, 6) is 1.26. The van der Waals surface area contributed by atoms with E-state index in [1.54, 1.807) is 0 Å². The third-order valence-electron chi connectivity index (χ3n) is 4.03. The van der Waals surface area contributed by atoms with Crippen molar-refractivity contribution >= 4 is 6.09 Å². The maximum Gasteiger partial charge on any atom is 0.409 e. The predicted molar refractivity (Wildman–Crippen MR) is 87.4 cm³/mol. The zero-order valence-corrected chi connectivity index (χ0v) is 14.7. The van der Waals surface area contributed by atoms with Crippen molar-refractivity contribution in [2.75, 3.05) is 26.7 Å². The van der Waals surface area contributed by atoms with Crippen LogP contribution in [0, 0.1) is 17.3 Å². The Hall–Kier alpha value is -0.770. The number of methoxy groups -OCH3 is 1. The zero-order chi connectivity index (χ0) is 16.0. The lowest BCUT2D eigenvalue weighted by Gasteiger charge is -2.39. The van der Waals surface area contributed by atoms with Gasteiger partial charge in [0.05, 0.1) is 7.11 Å². The normalized spacial score (nSPS) is 23.5. The maximum atomic E-state index is 11.9. The van der Waals surface area contributed by atoms with Crippen LogP contribution in [0.4, 0.5) is 4.79 Å². The Labute approximate surface area is 130 Å². The summed E-state index contributed by atoms with van der Waals surface area (Å²) in [6.07, 6.45) is 3.29. The highest BCUT2D eigenvalue weighted by Crippen LogP contribution is 2.30. The Balaban J connectivity index is 2.59. The number of piperidine rings is 1. The highest BCUT2D eigenvalue weighted by molar-refractivity contribution is 5.67. The van der Waals surface area contributed by atoms with E-state index in [0.717, 1.165) is 32.5 Å². The number of likely N-dealkylation sites (tertiary alicyclic amines) is 1. The lowest BCUT2D eigenvalue weighted by atomic mass is 9.80. The van der Waals surface area contributed by atoms with Crippen molar-refractivity contribution in [3.63, 3.8) is 0 Å². The van der Waals surface area contributed by atoms with E-state index in [9.17, 15) is 4.79 Å². The molecule has 4 nitrogen and oxygen atoms in total. The number of hydrogen-bond acceptors (Lipinski definition) is 3. The van der Waals surface area contributed by atoms with Gasteiger partial charge in [0.2, 0.25) is 0 Å². The highest BCUT2D eigenvalue weighted by atomic mass is 16.5. The van der Waals surface area contributed by atoms with Crippen LogP contribution in [0.25, 0.3) is 0 Å². The average molecular weight is 298 g/mol. The highest BCUT2D eigenvalue weighted by Gasteiger charge is 2.32. The van der Waals surface area contributed by atoms with Gasteiger partial charge in [-0.1, -0.05) is 34.6 Å². The van der Waals surface area contributed by atoms with E-state index in [2.05, 4.69) is 39.9 Å². The van der Waals surface area contributed by atoms with E-state index in [1.165, 1.54) is 13.5 Å². The van der Waals surface area contributed by atoms with Crippen LogP contribution in [-0.4, -0.2) is 43.8 Å². The van der Waals surface area contributed by atoms with Gasteiger partial charge in [0.1, 0.15) is 0 Å². The summed E-state index contributed by atoms with van der Waals surface area (Å²) in [7, 11) is 1.47. The molecule has 4 heteroatoms. The first-order chi connectivity index (χ1) is 9.71. The van der Waals surface area contributed by atoms with Crippen molar-refractivity contribution in [1.29, 1.82) is 0 Å². The second-order valence-electron chi connectivity index (χ2n) is 8.08. The second-order valence-corrected chi connectivity index (χ2v) is 8.08. The molecule has 1 saturated heterocycles. The van der Waals surface area contributed by atoms with Gasteiger partial charge in [-0.25, -0.2) is 4.79 Å². The van der Waals surface area contributed by atoms with Crippen molar-refractivity contribution in [2.45, 2.75) is 59.9 Å². The van der Waals surface area contributed by atoms with Crippen molar-refractivity contribution in [3.05, 3.63) is 0 Å². The first-order valence-corrected chi connectivity index (χ1v) is 8.27. The van der Waals surface area contributed by atoms with E-state index in [0.29, 0.717) is 23.3 Å². The van der Waals surface area contributed by atoms with Crippen molar-refractivity contribution in [1.82, 2.24) is 10.2 Å². The van der Waals surface area contributed by atoms with Crippen molar-refractivity contribution in [3.8, 4) is 0 Å². The molecule has 2 unspecified atom stereocenters. The summed E-state index contributed by atoms with van der Waals surface area (Å²) < 4.78 is 4.92. The zero-order valence-electron chi connectivity index (χ0n) is 14.7. The topological polar surface area (TPSA) is 41.6 Å². The molecule has 0 spiro atoms. The molecule has 0 aromatic rings. The molecule has 21 heavy (non-hydrogen) atoms. The molecule has 1 amide bonds. The summed E-state index contributed by atoms with van der Waals surface area (Å²) in [6.45, 7) is 13.9. The number of ether oxygens (including phenoxy) is 1. The van der Waals surface area contributed by atoms with Crippen molar-refractivity contribution < 1.29 is 9.53 Å². The Bertz CT molecular complexity index is 323. The number of carbonyl (C=O) groups is 1. The van der Waals surface area contributed by atoms with Gasteiger partial charge in [-0.2, -0.15) is 0 Å². The Morgan fingerprint density at radius 3 is 2.52 bits per heavy atom. The minimum atomic E-state index is -0.190. The molecule has 124 valence electrons. The molecule has 1 aliphatic rings. The van der Waals surface area contributed by atoms with Crippen LogP contribution >= 0.6 is 0 Å². The number of nitrogens with zero attached hydrogens (tertiary/aromatic N) is 1. The number of rotatable bonds is 5. The molecule has 2 atom stereocenters. The average Bonchev–Trinajstić information content (AvgIpc) is 2.35. The lowest BCUT2D eigenvalue weighted by molar-refractivity contribution is 0.0806.